The Labute approximate surface area is 96.7 Å². The van der Waals surface area contributed by atoms with Gasteiger partial charge in [0.15, 0.2) is 0 Å². The first-order valence-electron chi connectivity index (χ1n) is 6.27. The Bertz CT molecular complexity index is 355. The van der Waals surface area contributed by atoms with Crippen LogP contribution in [-0.2, 0) is 0 Å². The van der Waals surface area contributed by atoms with E-state index < -0.39 is 0 Å². The Morgan fingerprint density at radius 2 is 1.81 bits per heavy atom. The Morgan fingerprint density at radius 3 is 2.31 bits per heavy atom. The Morgan fingerprint density at radius 1 is 1.19 bits per heavy atom. The van der Waals surface area contributed by atoms with Crippen LogP contribution >= 0.6 is 0 Å². The number of nitrogens with two attached hydrogens (primary N) is 1. The summed E-state index contributed by atoms with van der Waals surface area (Å²) < 4.78 is 0. The standard InChI is InChI=1S/C13H19N3/c14-12-7-15-6-5-13(12)16(8-10-1-2-10)9-11-3-4-11/h5-7,10-11H,1-4,8-9,14H2. The van der Waals surface area contributed by atoms with E-state index in [0.29, 0.717) is 0 Å². The molecule has 0 saturated heterocycles. The molecule has 3 heteroatoms. The van der Waals surface area contributed by atoms with Crippen molar-refractivity contribution in [2.45, 2.75) is 25.7 Å². The zero-order valence-corrected chi connectivity index (χ0v) is 9.60. The van der Waals surface area contributed by atoms with E-state index in [1.54, 1.807) is 6.20 Å². The highest BCUT2D eigenvalue weighted by Crippen LogP contribution is 2.36. The number of nitrogens with zero attached hydrogens (tertiary/aromatic N) is 2. The van der Waals surface area contributed by atoms with Crippen molar-refractivity contribution in [2.24, 2.45) is 11.8 Å². The summed E-state index contributed by atoms with van der Waals surface area (Å²) in [5.41, 5.74) is 8.02. The van der Waals surface area contributed by atoms with Crippen molar-refractivity contribution in [1.29, 1.82) is 0 Å². The molecule has 0 amide bonds. The van der Waals surface area contributed by atoms with E-state index >= 15 is 0 Å². The normalized spacial score (nSPS) is 19.8. The molecule has 2 saturated carbocycles. The molecule has 0 spiro atoms. The van der Waals surface area contributed by atoms with Gasteiger partial charge in [0.05, 0.1) is 17.6 Å². The second-order valence-electron chi connectivity index (χ2n) is 5.23. The number of hydrogen-bond donors (Lipinski definition) is 1. The van der Waals surface area contributed by atoms with Gasteiger partial charge in [0.1, 0.15) is 0 Å². The fraction of sp³-hybridized carbons (Fsp3) is 0.615. The molecule has 3 nitrogen and oxygen atoms in total. The van der Waals surface area contributed by atoms with Gasteiger partial charge in [0, 0.05) is 19.3 Å². The van der Waals surface area contributed by atoms with Crippen molar-refractivity contribution in [3.05, 3.63) is 18.5 Å². The van der Waals surface area contributed by atoms with Gasteiger partial charge in [0.25, 0.3) is 0 Å². The van der Waals surface area contributed by atoms with Crippen LogP contribution in [0.15, 0.2) is 18.5 Å². The minimum absolute atomic E-state index is 0.823. The highest BCUT2D eigenvalue weighted by Gasteiger charge is 2.29. The van der Waals surface area contributed by atoms with Crippen LogP contribution in [0.25, 0.3) is 0 Å². The molecule has 3 rings (SSSR count). The molecule has 16 heavy (non-hydrogen) atoms. The minimum atomic E-state index is 0.823. The van der Waals surface area contributed by atoms with E-state index in [1.807, 2.05) is 6.20 Å². The van der Waals surface area contributed by atoms with Crippen LogP contribution in [0.3, 0.4) is 0 Å². The second-order valence-corrected chi connectivity index (χ2v) is 5.23. The van der Waals surface area contributed by atoms with Crippen LogP contribution in [-0.4, -0.2) is 18.1 Å². The molecule has 86 valence electrons. The van der Waals surface area contributed by atoms with Gasteiger partial charge >= 0.3 is 0 Å². The molecule has 2 fully saturated rings. The molecular weight excluding hydrogens is 198 g/mol. The van der Waals surface area contributed by atoms with Crippen molar-refractivity contribution in [3.8, 4) is 0 Å². The van der Waals surface area contributed by atoms with Crippen LogP contribution in [0.1, 0.15) is 25.7 Å². The topological polar surface area (TPSA) is 42.1 Å². The number of hydrogen-bond acceptors (Lipinski definition) is 3. The van der Waals surface area contributed by atoms with E-state index in [2.05, 4.69) is 16.0 Å². The molecule has 1 heterocycles. The van der Waals surface area contributed by atoms with E-state index in [-0.39, 0.29) is 0 Å². The molecule has 2 aliphatic carbocycles. The highest BCUT2D eigenvalue weighted by molar-refractivity contribution is 5.66. The first-order chi connectivity index (χ1) is 7.83. The Balaban J connectivity index is 1.76. The number of rotatable bonds is 5. The summed E-state index contributed by atoms with van der Waals surface area (Å²) in [6.45, 7) is 2.37. The lowest BCUT2D eigenvalue weighted by Crippen LogP contribution is -2.28. The molecule has 0 aliphatic heterocycles. The predicted octanol–water partition coefficient (Wildman–Crippen LogP) is 2.29. The van der Waals surface area contributed by atoms with Crippen LogP contribution in [0.4, 0.5) is 11.4 Å². The average molecular weight is 217 g/mol. The van der Waals surface area contributed by atoms with Crippen molar-refractivity contribution >= 4 is 11.4 Å². The fourth-order valence-corrected chi connectivity index (χ4v) is 2.18. The molecule has 0 aromatic carbocycles. The Hall–Kier alpha value is -1.25. The summed E-state index contributed by atoms with van der Waals surface area (Å²) in [6, 6.07) is 2.06. The molecule has 1 aromatic rings. The van der Waals surface area contributed by atoms with Gasteiger partial charge in [-0.2, -0.15) is 0 Å². The third-order valence-corrected chi connectivity index (χ3v) is 3.52. The van der Waals surface area contributed by atoms with E-state index in [4.69, 9.17) is 5.73 Å². The van der Waals surface area contributed by atoms with Crippen LogP contribution in [0.2, 0.25) is 0 Å². The van der Waals surface area contributed by atoms with Gasteiger partial charge in [-0.15, -0.1) is 0 Å². The molecule has 0 unspecified atom stereocenters. The zero-order chi connectivity index (χ0) is 11.0. The van der Waals surface area contributed by atoms with Gasteiger partial charge in [0.2, 0.25) is 0 Å². The van der Waals surface area contributed by atoms with Gasteiger partial charge in [-0.3, -0.25) is 4.98 Å². The van der Waals surface area contributed by atoms with E-state index in [9.17, 15) is 0 Å². The van der Waals surface area contributed by atoms with Crippen molar-refractivity contribution < 1.29 is 0 Å². The lowest BCUT2D eigenvalue weighted by molar-refractivity contribution is 0.680. The third-order valence-electron chi connectivity index (χ3n) is 3.52. The molecule has 2 aliphatic rings. The quantitative estimate of drug-likeness (QED) is 0.822. The summed E-state index contributed by atoms with van der Waals surface area (Å²) in [7, 11) is 0. The van der Waals surface area contributed by atoms with Crippen molar-refractivity contribution in [1.82, 2.24) is 4.98 Å². The molecule has 1 aromatic heterocycles. The number of nitrogen functional groups attached to an aromatic ring is 1. The molecule has 2 N–H and O–H groups in total. The first-order valence-corrected chi connectivity index (χ1v) is 6.27. The van der Waals surface area contributed by atoms with Crippen molar-refractivity contribution in [2.75, 3.05) is 23.7 Å². The molecule has 0 radical (unpaired) electrons. The second kappa shape index (κ2) is 3.96. The smallest absolute Gasteiger partial charge is 0.0738 e. The van der Waals surface area contributed by atoms with Gasteiger partial charge in [-0.25, -0.2) is 0 Å². The number of aromatic nitrogens is 1. The highest BCUT2D eigenvalue weighted by atomic mass is 15.2. The largest absolute Gasteiger partial charge is 0.396 e. The number of pyridine rings is 1. The van der Waals surface area contributed by atoms with Gasteiger partial charge < -0.3 is 10.6 Å². The summed E-state index contributed by atoms with van der Waals surface area (Å²) in [6.07, 6.45) is 9.19. The van der Waals surface area contributed by atoms with Crippen LogP contribution < -0.4 is 10.6 Å². The van der Waals surface area contributed by atoms with E-state index in [0.717, 1.165) is 17.5 Å². The summed E-state index contributed by atoms with van der Waals surface area (Å²) >= 11 is 0. The zero-order valence-electron chi connectivity index (χ0n) is 9.60. The summed E-state index contributed by atoms with van der Waals surface area (Å²) in [4.78, 5) is 6.54. The first kappa shape index (κ1) is 9.94. The third kappa shape index (κ3) is 2.29. The minimum Gasteiger partial charge on any atom is -0.396 e. The molecular formula is C13H19N3. The van der Waals surface area contributed by atoms with E-state index in [1.165, 1.54) is 44.5 Å². The van der Waals surface area contributed by atoms with Crippen LogP contribution in [0.5, 0.6) is 0 Å². The lowest BCUT2D eigenvalue weighted by atomic mass is 10.2. The van der Waals surface area contributed by atoms with Crippen molar-refractivity contribution in [3.63, 3.8) is 0 Å². The van der Waals surface area contributed by atoms with Gasteiger partial charge in [-0.05, 0) is 43.6 Å². The maximum atomic E-state index is 6.01. The maximum Gasteiger partial charge on any atom is 0.0738 e. The maximum absolute atomic E-state index is 6.01. The molecule has 0 atom stereocenters. The number of anilines is 2. The van der Waals surface area contributed by atoms with Crippen LogP contribution in [0, 0.1) is 11.8 Å². The average Bonchev–Trinajstić information content (AvgIpc) is 3.12. The lowest BCUT2D eigenvalue weighted by Gasteiger charge is -2.25. The Kier molecular flexibility index (Phi) is 2.46. The summed E-state index contributed by atoms with van der Waals surface area (Å²) in [5, 5.41) is 0. The molecule has 0 bridgehead atoms. The SMILES string of the molecule is Nc1cnccc1N(CC1CC1)CC1CC1. The predicted molar refractivity (Wildman–Crippen MR) is 66.3 cm³/mol. The monoisotopic (exact) mass is 217 g/mol. The summed E-state index contributed by atoms with van der Waals surface area (Å²) in [5.74, 6) is 1.82. The van der Waals surface area contributed by atoms with Gasteiger partial charge in [-0.1, -0.05) is 0 Å². The fourth-order valence-electron chi connectivity index (χ4n) is 2.18.